The number of benzene rings is 3. The third-order valence-corrected chi connectivity index (χ3v) is 4.36. The summed E-state index contributed by atoms with van der Waals surface area (Å²) in [5.41, 5.74) is 4.88. The molecule has 0 amide bonds. The third-order valence-electron chi connectivity index (χ3n) is 4.36. The van der Waals surface area contributed by atoms with Crippen molar-refractivity contribution in [2.45, 2.75) is 40.0 Å². The molecule has 3 aromatic rings. The molecule has 0 atom stereocenters. The van der Waals surface area contributed by atoms with E-state index in [-0.39, 0.29) is 16.5 Å². The van der Waals surface area contributed by atoms with Crippen LogP contribution in [0.1, 0.15) is 38.7 Å². The molecule has 0 bridgehead atoms. The van der Waals surface area contributed by atoms with E-state index >= 15 is 0 Å². The Labute approximate surface area is 195 Å². The summed E-state index contributed by atoms with van der Waals surface area (Å²) in [6, 6.07) is 24.4. The fourth-order valence-corrected chi connectivity index (χ4v) is 2.70. The van der Waals surface area contributed by atoms with Gasteiger partial charge in [0.1, 0.15) is 0 Å². The van der Waals surface area contributed by atoms with Crippen molar-refractivity contribution in [3.05, 3.63) is 84.4 Å². The largest absolute Gasteiger partial charge is 2.00 e. The first-order chi connectivity index (χ1) is 14.5. The maximum Gasteiger partial charge on any atom is 2.00 e. The van der Waals surface area contributed by atoms with Gasteiger partial charge in [0.25, 0.3) is 0 Å². The van der Waals surface area contributed by atoms with Crippen LogP contribution in [0.25, 0.3) is 0 Å². The van der Waals surface area contributed by atoms with Gasteiger partial charge in [-0.2, -0.15) is 0 Å². The van der Waals surface area contributed by atoms with Crippen molar-refractivity contribution in [2.24, 2.45) is 9.98 Å². The summed E-state index contributed by atoms with van der Waals surface area (Å²) >= 11 is 0. The maximum atomic E-state index is 10.5. The van der Waals surface area contributed by atoms with E-state index < -0.39 is 11.5 Å². The van der Waals surface area contributed by atoms with Gasteiger partial charge in [-0.15, -0.1) is 11.5 Å². The molecular formula is C26H28N2NiO2. The molecule has 3 aromatic carbocycles. The van der Waals surface area contributed by atoms with E-state index in [0.29, 0.717) is 0 Å². The molecule has 0 heterocycles. The summed E-state index contributed by atoms with van der Waals surface area (Å²) in [6.45, 7) is 6.02. The average molecular weight is 459 g/mol. The maximum absolute atomic E-state index is 10.5. The number of para-hydroxylation sites is 2. The minimum Gasteiger partial charge on any atom is -0.873 e. The van der Waals surface area contributed by atoms with Gasteiger partial charge in [-0.3, -0.25) is 9.98 Å². The van der Waals surface area contributed by atoms with Crippen molar-refractivity contribution in [1.82, 2.24) is 0 Å². The number of aliphatic imine (C=N–C) groups is 2. The van der Waals surface area contributed by atoms with E-state index in [9.17, 15) is 10.2 Å². The molecule has 31 heavy (non-hydrogen) atoms. The summed E-state index contributed by atoms with van der Waals surface area (Å²) in [5, 5.41) is 21.0. The Morgan fingerprint density at radius 1 is 0.774 bits per heavy atom. The van der Waals surface area contributed by atoms with Crippen LogP contribution in [0.3, 0.4) is 0 Å². The number of rotatable bonds is 6. The summed E-state index contributed by atoms with van der Waals surface area (Å²) in [5.74, 6) is -0.851. The summed E-state index contributed by atoms with van der Waals surface area (Å²) in [7, 11) is 0. The van der Waals surface area contributed by atoms with Crippen LogP contribution in [0, 0.1) is 6.92 Å². The van der Waals surface area contributed by atoms with Gasteiger partial charge < -0.3 is 10.2 Å². The summed E-state index contributed by atoms with van der Waals surface area (Å²) < 4.78 is 0. The molecule has 5 heteroatoms. The van der Waals surface area contributed by atoms with Crippen molar-refractivity contribution in [2.75, 3.05) is 0 Å². The second-order valence-corrected chi connectivity index (χ2v) is 6.98. The van der Waals surface area contributed by atoms with E-state index in [0.717, 1.165) is 47.6 Å². The molecule has 0 aliphatic carbocycles. The zero-order valence-corrected chi connectivity index (χ0v) is 19.1. The van der Waals surface area contributed by atoms with E-state index in [4.69, 9.17) is 9.98 Å². The van der Waals surface area contributed by atoms with Crippen LogP contribution >= 0.6 is 0 Å². The fourth-order valence-electron chi connectivity index (χ4n) is 2.70. The van der Waals surface area contributed by atoms with Gasteiger partial charge >= 0.3 is 16.5 Å². The Morgan fingerprint density at radius 3 is 1.81 bits per heavy atom. The van der Waals surface area contributed by atoms with E-state index in [2.05, 4.69) is 6.92 Å². The van der Waals surface area contributed by atoms with Gasteiger partial charge in [0.15, 0.2) is 0 Å². The Hall–Kier alpha value is -2.91. The molecule has 0 aliphatic heterocycles. The third kappa shape index (κ3) is 9.63. The number of hydrogen-bond acceptors (Lipinski definition) is 4. The smallest absolute Gasteiger partial charge is 0.873 e. The van der Waals surface area contributed by atoms with Crippen molar-refractivity contribution < 1.29 is 26.7 Å². The fraction of sp³-hybridized carbons (Fsp3) is 0.231. The first-order valence-electron chi connectivity index (χ1n) is 10.2. The zero-order chi connectivity index (χ0) is 21.8. The first-order valence-corrected chi connectivity index (χ1v) is 10.2. The normalized spacial score (nSPS) is 11.2. The molecule has 0 saturated heterocycles. The molecule has 0 unspecified atom stereocenters. The SMILES string of the molecule is CCCCC(=Nc1ccccc1)C(C)=Nc1ccccc1.Cc1ccc([O-])c([O-])c1.[Ni+2]. The molecule has 164 valence electrons. The number of nitrogens with zero attached hydrogens (tertiary/aromatic N) is 2. The first kappa shape index (κ1) is 26.1. The molecule has 0 fully saturated rings. The molecule has 0 N–H and O–H groups in total. The topological polar surface area (TPSA) is 70.8 Å². The van der Waals surface area contributed by atoms with E-state index in [1.807, 2.05) is 67.6 Å². The predicted molar refractivity (Wildman–Crippen MR) is 122 cm³/mol. The van der Waals surface area contributed by atoms with Crippen LogP contribution < -0.4 is 10.2 Å². The zero-order valence-electron chi connectivity index (χ0n) is 18.2. The number of unbranched alkanes of at least 4 members (excludes halogenated alkanes) is 1. The van der Waals surface area contributed by atoms with Gasteiger partial charge in [-0.25, -0.2) is 0 Å². The molecule has 0 aromatic heterocycles. The molecule has 0 radical (unpaired) electrons. The van der Waals surface area contributed by atoms with Crippen LogP contribution in [-0.4, -0.2) is 11.4 Å². The standard InChI is InChI=1S/C19H22N2.C7H8O2.Ni/c1-3-4-15-19(21-18-13-9-6-10-14-18)16(2)20-17-11-7-5-8-12-17;1-5-2-3-6(8)7(9)4-5;/h5-14H,3-4,15H2,1-2H3;2-4,8-9H,1H3;/q;;+2/p-2. The van der Waals surface area contributed by atoms with Gasteiger partial charge in [0.05, 0.1) is 22.8 Å². The Kier molecular flexibility index (Phi) is 11.9. The second kappa shape index (κ2) is 14.2. The molecule has 4 nitrogen and oxygen atoms in total. The molecule has 0 saturated carbocycles. The minimum absolute atomic E-state index is 0. The van der Waals surface area contributed by atoms with Crippen LogP contribution in [0.15, 0.2) is 88.8 Å². The average Bonchev–Trinajstić information content (AvgIpc) is 2.76. The molecule has 0 aliphatic rings. The number of hydrogen-bond donors (Lipinski definition) is 0. The van der Waals surface area contributed by atoms with Crippen molar-refractivity contribution in [3.63, 3.8) is 0 Å². The van der Waals surface area contributed by atoms with E-state index in [1.54, 1.807) is 13.0 Å². The van der Waals surface area contributed by atoms with Crippen molar-refractivity contribution >= 4 is 22.8 Å². The molecular weight excluding hydrogens is 431 g/mol. The molecule has 0 spiro atoms. The van der Waals surface area contributed by atoms with E-state index in [1.165, 1.54) is 12.1 Å². The predicted octanol–water partition coefficient (Wildman–Crippen LogP) is 5.88. The van der Waals surface area contributed by atoms with Gasteiger partial charge in [-0.1, -0.05) is 73.5 Å². The van der Waals surface area contributed by atoms with Crippen LogP contribution in [-0.2, 0) is 16.5 Å². The van der Waals surface area contributed by atoms with Gasteiger partial charge in [0, 0.05) is 0 Å². The van der Waals surface area contributed by atoms with Gasteiger partial charge in [-0.05, 0) is 51.0 Å². The van der Waals surface area contributed by atoms with Crippen molar-refractivity contribution in [1.29, 1.82) is 0 Å². The number of aryl methyl sites for hydroxylation is 1. The van der Waals surface area contributed by atoms with Crippen LogP contribution in [0.4, 0.5) is 11.4 Å². The summed E-state index contributed by atoms with van der Waals surface area (Å²) in [4.78, 5) is 9.47. The Bertz CT molecular complexity index is 971. The Morgan fingerprint density at radius 2 is 1.32 bits per heavy atom. The van der Waals surface area contributed by atoms with Crippen LogP contribution in [0.5, 0.6) is 11.5 Å². The molecule has 3 rings (SSSR count). The second-order valence-electron chi connectivity index (χ2n) is 6.98. The van der Waals surface area contributed by atoms with Gasteiger partial charge in [0.2, 0.25) is 0 Å². The minimum atomic E-state index is -0.430. The quantitative estimate of drug-likeness (QED) is 0.341. The van der Waals surface area contributed by atoms with Crippen molar-refractivity contribution in [3.8, 4) is 11.5 Å². The monoisotopic (exact) mass is 458 g/mol. The Balaban J connectivity index is 0.000000404. The van der Waals surface area contributed by atoms with Crippen LogP contribution in [0.2, 0.25) is 0 Å². The summed E-state index contributed by atoms with van der Waals surface area (Å²) in [6.07, 6.45) is 3.26.